The van der Waals surface area contributed by atoms with Gasteiger partial charge in [0.1, 0.15) is 0 Å². The Morgan fingerprint density at radius 2 is 1.62 bits per heavy atom. The van der Waals surface area contributed by atoms with Crippen LogP contribution in [-0.4, -0.2) is 19.1 Å². The normalized spacial score (nSPS) is 18.3. The predicted octanol–water partition coefficient (Wildman–Crippen LogP) is 3.43. The molecule has 2 rings (SSSR count). The van der Waals surface area contributed by atoms with Gasteiger partial charge in [0.2, 0.25) is 0 Å². The Balaban J connectivity index is 2.63. The third-order valence-electron chi connectivity index (χ3n) is 3.91. The van der Waals surface area contributed by atoms with Gasteiger partial charge in [-0.15, -0.1) is 11.6 Å². The van der Waals surface area contributed by atoms with Crippen LogP contribution in [-0.2, 0) is 10.2 Å². The van der Waals surface area contributed by atoms with Gasteiger partial charge in [-0.05, 0) is 55.5 Å². The highest BCUT2D eigenvalue weighted by atomic mass is 35.5. The van der Waals surface area contributed by atoms with Gasteiger partial charge in [0.25, 0.3) is 0 Å². The lowest BCUT2D eigenvalue weighted by Crippen LogP contribution is -2.49. The SMILES string of the molecule is Cc1cc(C)c(C)c(C2(CCl)COC2)c1C. The summed E-state index contributed by atoms with van der Waals surface area (Å²) in [6.45, 7) is 10.3. The van der Waals surface area contributed by atoms with E-state index in [-0.39, 0.29) is 5.41 Å². The van der Waals surface area contributed by atoms with E-state index in [2.05, 4.69) is 33.8 Å². The smallest absolute Gasteiger partial charge is 0.0597 e. The lowest BCUT2D eigenvalue weighted by Gasteiger charge is -2.43. The summed E-state index contributed by atoms with van der Waals surface area (Å²) in [4.78, 5) is 0. The topological polar surface area (TPSA) is 9.23 Å². The van der Waals surface area contributed by atoms with E-state index in [4.69, 9.17) is 16.3 Å². The first-order valence-corrected chi connectivity index (χ1v) is 6.27. The highest BCUT2D eigenvalue weighted by molar-refractivity contribution is 6.18. The van der Waals surface area contributed by atoms with E-state index in [1.54, 1.807) is 0 Å². The van der Waals surface area contributed by atoms with Crippen LogP contribution in [0.1, 0.15) is 27.8 Å². The minimum Gasteiger partial charge on any atom is -0.379 e. The quantitative estimate of drug-likeness (QED) is 0.718. The Morgan fingerprint density at radius 1 is 1.12 bits per heavy atom. The molecule has 0 saturated carbocycles. The molecule has 1 aromatic rings. The molecule has 16 heavy (non-hydrogen) atoms. The zero-order chi connectivity index (χ0) is 11.9. The molecule has 1 nitrogen and oxygen atoms in total. The van der Waals surface area contributed by atoms with Crippen LogP contribution < -0.4 is 0 Å². The van der Waals surface area contributed by atoms with E-state index in [0.29, 0.717) is 5.88 Å². The minimum atomic E-state index is 0.0620. The number of hydrogen-bond donors (Lipinski definition) is 0. The first kappa shape index (κ1) is 11.9. The Hall–Kier alpha value is -0.530. The monoisotopic (exact) mass is 238 g/mol. The van der Waals surface area contributed by atoms with Crippen LogP contribution in [0.2, 0.25) is 0 Å². The van der Waals surface area contributed by atoms with Crippen LogP contribution in [0.15, 0.2) is 6.07 Å². The summed E-state index contributed by atoms with van der Waals surface area (Å²) in [5.74, 6) is 0.650. The minimum absolute atomic E-state index is 0.0620. The van der Waals surface area contributed by atoms with Gasteiger partial charge in [-0.25, -0.2) is 0 Å². The molecule has 0 aromatic heterocycles. The number of aryl methyl sites for hydroxylation is 2. The number of benzene rings is 1. The summed E-state index contributed by atoms with van der Waals surface area (Å²) in [6.07, 6.45) is 0. The highest BCUT2D eigenvalue weighted by Gasteiger charge is 2.42. The molecule has 1 saturated heterocycles. The molecule has 0 amide bonds. The second-order valence-corrected chi connectivity index (χ2v) is 5.31. The summed E-state index contributed by atoms with van der Waals surface area (Å²) >= 11 is 6.16. The maximum atomic E-state index is 6.16. The number of rotatable bonds is 2. The summed E-state index contributed by atoms with van der Waals surface area (Å²) in [5.41, 5.74) is 6.96. The van der Waals surface area contributed by atoms with Crippen LogP contribution in [0, 0.1) is 27.7 Å². The fourth-order valence-corrected chi connectivity index (χ4v) is 2.94. The van der Waals surface area contributed by atoms with Crippen molar-refractivity contribution in [3.8, 4) is 0 Å². The van der Waals surface area contributed by atoms with Crippen molar-refractivity contribution in [2.45, 2.75) is 33.1 Å². The molecule has 88 valence electrons. The number of ether oxygens (including phenoxy) is 1. The standard InChI is InChI=1S/C14H19ClO/c1-9-5-10(2)12(4)13(11(9)3)14(6-15)7-16-8-14/h5H,6-8H2,1-4H3. The van der Waals surface area contributed by atoms with E-state index in [9.17, 15) is 0 Å². The van der Waals surface area contributed by atoms with E-state index in [1.165, 1.54) is 27.8 Å². The Labute approximate surface area is 103 Å². The van der Waals surface area contributed by atoms with Crippen molar-refractivity contribution in [3.05, 3.63) is 33.9 Å². The number of hydrogen-bond acceptors (Lipinski definition) is 1. The molecular weight excluding hydrogens is 220 g/mol. The summed E-state index contributed by atoms with van der Waals surface area (Å²) in [6, 6.07) is 2.26. The number of halogens is 1. The third-order valence-corrected chi connectivity index (χ3v) is 4.42. The van der Waals surface area contributed by atoms with Gasteiger partial charge in [0, 0.05) is 5.88 Å². The van der Waals surface area contributed by atoms with Crippen LogP contribution in [0.4, 0.5) is 0 Å². The summed E-state index contributed by atoms with van der Waals surface area (Å²) in [5, 5.41) is 0. The zero-order valence-electron chi connectivity index (χ0n) is 10.5. The van der Waals surface area contributed by atoms with Gasteiger partial charge in [0.05, 0.1) is 18.6 Å². The van der Waals surface area contributed by atoms with Crippen molar-refractivity contribution in [2.24, 2.45) is 0 Å². The molecule has 1 aliphatic heterocycles. The lowest BCUT2D eigenvalue weighted by atomic mass is 9.74. The van der Waals surface area contributed by atoms with Crippen LogP contribution in [0.3, 0.4) is 0 Å². The third kappa shape index (κ3) is 1.57. The zero-order valence-corrected chi connectivity index (χ0v) is 11.2. The van der Waals surface area contributed by atoms with Gasteiger partial charge in [-0.3, -0.25) is 0 Å². The Kier molecular flexibility index (Phi) is 3.02. The number of alkyl halides is 1. The van der Waals surface area contributed by atoms with E-state index in [1.807, 2.05) is 0 Å². The first-order valence-electron chi connectivity index (χ1n) is 5.73. The van der Waals surface area contributed by atoms with Crippen molar-refractivity contribution in [2.75, 3.05) is 19.1 Å². The largest absolute Gasteiger partial charge is 0.379 e. The van der Waals surface area contributed by atoms with Gasteiger partial charge in [-0.2, -0.15) is 0 Å². The molecule has 0 N–H and O–H groups in total. The fraction of sp³-hybridized carbons (Fsp3) is 0.571. The average Bonchev–Trinajstić information content (AvgIpc) is 2.19. The molecule has 1 aromatic carbocycles. The van der Waals surface area contributed by atoms with E-state index >= 15 is 0 Å². The molecule has 0 spiro atoms. The Bertz CT molecular complexity index is 387. The van der Waals surface area contributed by atoms with Gasteiger partial charge >= 0.3 is 0 Å². The molecule has 1 aliphatic rings. The molecule has 0 unspecified atom stereocenters. The molecule has 2 heteroatoms. The maximum absolute atomic E-state index is 6.16. The highest BCUT2D eigenvalue weighted by Crippen LogP contribution is 2.39. The van der Waals surface area contributed by atoms with Gasteiger partial charge in [0.15, 0.2) is 0 Å². The molecule has 1 heterocycles. The predicted molar refractivity (Wildman–Crippen MR) is 68.6 cm³/mol. The summed E-state index contributed by atoms with van der Waals surface area (Å²) < 4.78 is 5.39. The molecular formula is C14H19ClO. The van der Waals surface area contributed by atoms with Crippen molar-refractivity contribution in [1.29, 1.82) is 0 Å². The van der Waals surface area contributed by atoms with Crippen LogP contribution in [0.5, 0.6) is 0 Å². The van der Waals surface area contributed by atoms with Crippen LogP contribution in [0.25, 0.3) is 0 Å². The second kappa shape index (κ2) is 4.05. The first-order chi connectivity index (χ1) is 7.52. The van der Waals surface area contributed by atoms with Gasteiger partial charge in [-0.1, -0.05) is 6.07 Å². The Morgan fingerprint density at radius 3 is 1.94 bits per heavy atom. The van der Waals surface area contributed by atoms with Crippen molar-refractivity contribution >= 4 is 11.6 Å². The maximum Gasteiger partial charge on any atom is 0.0597 e. The fourth-order valence-electron chi connectivity index (χ4n) is 2.65. The second-order valence-electron chi connectivity index (χ2n) is 5.04. The van der Waals surface area contributed by atoms with Crippen molar-refractivity contribution < 1.29 is 4.74 Å². The summed E-state index contributed by atoms with van der Waals surface area (Å²) in [7, 11) is 0. The lowest BCUT2D eigenvalue weighted by molar-refractivity contribution is -0.0486. The molecule has 1 fully saturated rings. The molecule has 0 atom stereocenters. The molecule has 0 bridgehead atoms. The van der Waals surface area contributed by atoms with E-state index in [0.717, 1.165) is 13.2 Å². The van der Waals surface area contributed by atoms with Gasteiger partial charge < -0.3 is 4.74 Å². The van der Waals surface area contributed by atoms with Crippen LogP contribution >= 0.6 is 11.6 Å². The molecule has 0 radical (unpaired) electrons. The van der Waals surface area contributed by atoms with Crippen molar-refractivity contribution in [1.82, 2.24) is 0 Å². The average molecular weight is 239 g/mol. The van der Waals surface area contributed by atoms with E-state index < -0.39 is 0 Å². The molecule has 0 aliphatic carbocycles. The van der Waals surface area contributed by atoms with Crippen molar-refractivity contribution in [3.63, 3.8) is 0 Å².